The smallest absolute Gasteiger partial charge is 0.387 e. The zero-order valence-electron chi connectivity index (χ0n) is 12.0. The molecule has 0 unspecified atom stereocenters. The average Bonchev–Trinajstić information content (AvgIpc) is 2.43. The molecule has 5 nitrogen and oxygen atoms in total. The average molecular weight is 299 g/mol. The molecule has 0 spiro atoms. The van der Waals surface area contributed by atoms with Crippen molar-refractivity contribution < 1.29 is 18.3 Å². The lowest BCUT2D eigenvalue weighted by Crippen LogP contribution is -2.32. The van der Waals surface area contributed by atoms with Gasteiger partial charge in [-0.15, -0.1) is 0 Å². The van der Waals surface area contributed by atoms with E-state index in [1.165, 1.54) is 19.2 Å². The molecule has 0 saturated heterocycles. The Balaban J connectivity index is 2.83. The van der Waals surface area contributed by atoms with Crippen molar-refractivity contribution in [3.63, 3.8) is 0 Å². The second-order valence-electron chi connectivity index (χ2n) is 4.36. The summed E-state index contributed by atoms with van der Waals surface area (Å²) in [6.45, 7) is 3.25. The van der Waals surface area contributed by atoms with Crippen LogP contribution in [-0.4, -0.2) is 26.2 Å². The number of benzene rings is 1. The topological polar surface area (TPSA) is 68.9 Å². The van der Waals surface area contributed by atoms with Gasteiger partial charge in [0.25, 0.3) is 0 Å². The molecule has 0 radical (unpaired) electrons. The van der Waals surface area contributed by atoms with Gasteiger partial charge < -0.3 is 20.5 Å². The van der Waals surface area contributed by atoms with Crippen LogP contribution < -0.4 is 20.5 Å². The summed E-state index contributed by atoms with van der Waals surface area (Å²) in [5.41, 5.74) is 7.02. The molecule has 0 aromatic heterocycles. The Morgan fingerprint density at radius 2 is 2.19 bits per heavy atom. The van der Waals surface area contributed by atoms with Crippen LogP contribution in [0.25, 0.3) is 0 Å². The lowest BCUT2D eigenvalue weighted by atomic mass is 10.2. The van der Waals surface area contributed by atoms with Crippen LogP contribution in [0, 0.1) is 0 Å². The van der Waals surface area contributed by atoms with E-state index >= 15 is 0 Å². The number of aliphatic imine (C=N–C) groups is 1. The number of rotatable bonds is 7. The molecule has 0 fully saturated rings. The first kappa shape index (κ1) is 16.7. The summed E-state index contributed by atoms with van der Waals surface area (Å²) in [5.74, 6) is 0.765. The van der Waals surface area contributed by atoms with Crippen LogP contribution in [0.2, 0.25) is 0 Å². The highest BCUT2D eigenvalue weighted by Crippen LogP contribution is 2.26. The molecule has 0 aliphatic carbocycles. The maximum atomic E-state index is 12.4. The quantitative estimate of drug-likeness (QED) is 0.460. The van der Waals surface area contributed by atoms with Gasteiger partial charge in [0.1, 0.15) is 11.5 Å². The van der Waals surface area contributed by atoms with Gasteiger partial charge >= 0.3 is 6.61 Å². The summed E-state index contributed by atoms with van der Waals surface area (Å²) in [6, 6.07) is 4.52. The molecule has 0 aliphatic heterocycles. The molecule has 116 valence electrons. The Hall–Kier alpha value is -2.31. The largest absolute Gasteiger partial charge is 0.497 e. The number of alkyl halides is 2. The molecule has 0 bridgehead atoms. The first-order valence-electron chi connectivity index (χ1n) is 6.22. The molecule has 1 rings (SSSR count). The molecular formula is C14H19F2N3O2. The van der Waals surface area contributed by atoms with Crippen LogP contribution in [0.5, 0.6) is 11.5 Å². The molecule has 0 saturated carbocycles. The molecular weight excluding hydrogens is 280 g/mol. The Labute approximate surface area is 122 Å². The van der Waals surface area contributed by atoms with E-state index in [4.69, 9.17) is 10.5 Å². The van der Waals surface area contributed by atoms with E-state index in [2.05, 4.69) is 21.6 Å². The Morgan fingerprint density at radius 3 is 2.76 bits per heavy atom. The normalized spacial score (nSPS) is 11.4. The highest BCUT2D eigenvalue weighted by molar-refractivity contribution is 5.78. The minimum absolute atomic E-state index is 0.0438. The number of nitrogens with zero attached hydrogens (tertiary/aromatic N) is 1. The maximum absolute atomic E-state index is 12.4. The van der Waals surface area contributed by atoms with E-state index in [1.807, 2.05) is 6.92 Å². The van der Waals surface area contributed by atoms with E-state index in [-0.39, 0.29) is 18.3 Å². The fourth-order valence-electron chi connectivity index (χ4n) is 1.48. The number of halogens is 2. The molecule has 0 heterocycles. The van der Waals surface area contributed by atoms with Gasteiger partial charge in [-0.1, -0.05) is 12.2 Å². The summed E-state index contributed by atoms with van der Waals surface area (Å²) in [4.78, 5) is 4.07. The first-order valence-corrected chi connectivity index (χ1v) is 6.22. The number of methoxy groups -OCH3 is 1. The predicted molar refractivity (Wildman–Crippen MR) is 77.8 cm³/mol. The predicted octanol–water partition coefficient (Wildman–Crippen LogP) is 2.28. The third-order valence-corrected chi connectivity index (χ3v) is 2.47. The second-order valence-corrected chi connectivity index (χ2v) is 4.36. The summed E-state index contributed by atoms with van der Waals surface area (Å²) >= 11 is 0. The van der Waals surface area contributed by atoms with Crippen molar-refractivity contribution in [2.75, 3.05) is 13.7 Å². The number of nitrogens with two attached hydrogens (primary N) is 1. The van der Waals surface area contributed by atoms with E-state index in [0.29, 0.717) is 17.9 Å². The van der Waals surface area contributed by atoms with Crippen molar-refractivity contribution in [1.29, 1.82) is 0 Å². The van der Waals surface area contributed by atoms with Gasteiger partial charge in [0.05, 0.1) is 13.7 Å². The van der Waals surface area contributed by atoms with Gasteiger partial charge in [0.15, 0.2) is 5.96 Å². The van der Waals surface area contributed by atoms with Gasteiger partial charge in [-0.3, -0.25) is 0 Å². The van der Waals surface area contributed by atoms with E-state index < -0.39 is 6.61 Å². The third kappa shape index (κ3) is 6.11. The summed E-state index contributed by atoms with van der Waals surface area (Å²) in [6.07, 6.45) is 0. The van der Waals surface area contributed by atoms with Gasteiger partial charge in [0, 0.05) is 12.1 Å². The first-order chi connectivity index (χ1) is 9.92. The van der Waals surface area contributed by atoms with E-state index in [9.17, 15) is 8.78 Å². The van der Waals surface area contributed by atoms with E-state index in [1.54, 1.807) is 6.07 Å². The van der Waals surface area contributed by atoms with Gasteiger partial charge in [-0.05, 0) is 25.1 Å². The molecule has 0 amide bonds. The molecule has 1 aromatic carbocycles. The van der Waals surface area contributed by atoms with Crippen molar-refractivity contribution in [2.45, 2.75) is 20.1 Å². The van der Waals surface area contributed by atoms with Crippen molar-refractivity contribution in [2.24, 2.45) is 10.7 Å². The van der Waals surface area contributed by atoms with Crippen molar-refractivity contribution >= 4 is 5.96 Å². The van der Waals surface area contributed by atoms with Crippen LogP contribution in [-0.2, 0) is 6.54 Å². The lowest BCUT2D eigenvalue weighted by molar-refractivity contribution is -0.0504. The molecule has 21 heavy (non-hydrogen) atoms. The minimum atomic E-state index is -2.90. The van der Waals surface area contributed by atoms with Crippen LogP contribution in [0.3, 0.4) is 0 Å². The number of nitrogens with one attached hydrogen (secondary N) is 1. The van der Waals surface area contributed by atoms with Crippen molar-refractivity contribution in [3.8, 4) is 11.5 Å². The SMILES string of the molecule is C=C(C)CNC(N)=NCc1cc(OC)ccc1OC(F)F. The number of hydrogen-bond donors (Lipinski definition) is 2. The summed E-state index contributed by atoms with van der Waals surface area (Å²) in [7, 11) is 1.48. The summed E-state index contributed by atoms with van der Waals surface area (Å²) in [5, 5.41) is 2.85. The molecule has 1 aromatic rings. The number of hydrogen-bond acceptors (Lipinski definition) is 3. The Morgan fingerprint density at radius 1 is 1.48 bits per heavy atom. The Kier molecular flexibility index (Phi) is 6.45. The zero-order valence-corrected chi connectivity index (χ0v) is 12.0. The van der Waals surface area contributed by atoms with Gasteiger partial charge in [-0.2, -0.15) is 8.78 Å². The molecule has 3 N–H and O–H groups in total. The van der Waals surface area contributed by atoms with Crippen LogP contribution in [0.4, 0.5) is 8.78 Å². The third-order valence-electron chi connectivity index (χ3n) is 2.47. The maximum Gasteiger partial charge on any atom is 0.387 e. The van der Waals surface area contributed by atoms with Crippen LogP contribution in [0.1, 0.15) is 12.5 Å². The van der Waals surface area contributed by atoms with Crippen LogP contribution in [0.15, 0.2) is 35.3 Å². The molecule has 0 atom stereocenters. The van der Waals surface area contributed by atoms with E-state index in [0.717, 1.165) is 5.57 Å². The van der Waals surface area contributed by atoms with Gasteiger partial charge in [-0.25, -0.2) is 4.99 Å². The van der Waals surface area contributed by atoms with Crippen molar-refractivity contribution in [3.05, 3.63) is 35.9 Å². The summed E-state index contributed by atoms with van der Waals surface area (Å²) < 4.78 is 34.2. The number of guanidine groups is 1. The highest BCUT2D eigenvalue weighted by Gasteiger charge is 2.10. The Bertz CT molecular complexity index is 519. The highest BCUT2D eigenvalue weighted by atomic mass is 19.3. The van der Waals surface area contributed by atoms with Crippen molar-refractivity contribution in [1.82, 2.24) is 5.32 Å². The molecule has 0 aliphatic rings. The lowest BCUT2D eigenvalue weighted by Gasteiger charge is -2.11. The monoisotopic (exact) mass is 299 g/mol. The van der Waals surface area contributed by atoms with Crippen LogP contribution >= 0.6 is 0 Å². The minimum Gasteiger partial charge on any atom is -0.497 e. The fraction of sp³-hybridized carbons (Fsp3) is 0.357. The van der Waals surface area contributed by atoms with Gasteiger partial charge in [0.2, 0.25) is 0 Å². The zero-order chi connectivity index (χ0) is 15.8. The fourth-order valence-corrected chi connectivity index (χ4v) is 1.48. The standard InChI is InChI=1S/C14H19F2N3O2/c1-9(2)7-18-14(17)19-8-10-6-11(20-3)4-5-12(10)21-13(15)16/h4-6,13H,1,7-8H2,2-3H3,(H3,17,18,19). The molecule has 7 heteroatoms. The second kappa shape index (κ2) is 8.08. The number of ether oxygens (including phenoxy) is 2.